The van der Waals surface area contributed by atoms with Gasteiger partial charge in [0.1, 0.15) is 0 Å². The van der Waals surface area contributed by atoms with E-state index in [2.05, 4.69) is 71.5 Å². The number of nitrogens with one attached hydrogen (secondary N) is 1. The van der Waals surface area contributed by atoms with Crippen molar-refractivity contribution in [2.24, 2.45) is 0 Å². The Kier molecular flexibility index (Phi) is 4.20. The molecule has 0 aromatic heterocycles. The highest BCUT2D eigenvalue weighted by Crippen LogP contribution is 2.30. The largest absolute Gasteiger partial charge is 0.309 e. The van der Waals surface area contributed by atoms with Crippen LogP contribution in [0.1, 0.15) is 28.3 Å². The van der Waals surface area contributed by atoms with Gasteiger partial charge in [0.25, 0.3) is 0 Å². The summed E-state index contributed by atoms with van der Waals surface area (Å²) in [5.41, 5.74) is 5.23. The number of hydrogen-bond donors (Lipinski definition) is 1. The number of rotatable bonds is 3. The molecule has 0 aliphatic carbocycles. The molecule has 2 rings (SSSR count). The number of benzene rings is 2. The van der Waals surface area contributed by atoms with E-state index in [0.29, 0.717) is 0 Å². The Bertz CT molecular complexity index is 549. The van der Waals surface area contributed by atoms with E-state index < -0.39 is 0 Å². The first-order valence-electron chi connectivity index (χ1n) is 6.12. The lowest BCUT2D eigenvalue weighted by Gasteiger charge is -2.21. The van der Waals surface area contributed by atoms with Crippen LogP contribution in [0.15, 0.2) is 46.9 Å². The van der Waals surface area contributed by atoms with Gasteiger partial charge in [-0.2, -0.15) is 0 Å². The van der Waals surface area contributed by atoms with Crippen molar-refractivity contribution in [3.05, 3.63) is 69.2 Å². The summed E-state index contributed by atoms with van der Waals surface area (Å²) in [5.74, 6) is 0. The standard InChI is InChI=1S/C16H18BrN/c1-11-8-9-13(12(2)10-11)16(18-3)14-6-4-5-7-15(14)17/h4-10,16,18H,1-3H3. The quantitative estimate of drug-likeness (QED) is 0.887. The van der Waals surface area contributed by atoms with Crippen LogP contribution < -0.4 is 5.32 Å². The average Bonchev–Trinajstić information content (AvgIpc) is 2.34. The van der Waals surface area contributed by atoms with Gasteiger partial charge in [-0.15, -0.1) is 0 Å². The van der Waals surface area contributed by atoms with E-state index in [9.17, 15) is 0 Å². The first-order chi connectivity index (χ1) is 8.63. The zero-order valence-electron chi connectivity index (χ0n) is 11.0. The molecule has 0 heterocycles. The van der Waals surface area contributed by atoms with Crippen LogP contribution in [0.4, 0.5) is 0 Å². The van der Waals surface area contributed by atoms with E-state index in [1.165, 1.54) is 22.3 Å². The van der Waals surface area contributed by atoms with Crippen molar-refractivity contribution in [1.82, 2.24) is 5.32 Å². The SMILES string of the molecule is CNC(c1ccc(C)cc1C)c1ccccc1Br. The molecule has 0 radical (unpaired) electrons. The minimum atomic E-state index is 0.223. The highest BCUT2D eigenvalue weighted by molar-refractivity contribution is 9.10. The Morgan fingerprint density at radius 2 is 1.72 bits per heavy atom. The van der Waals surface area contributed by atoms with E-state index in [1.54, 1.807) is 0 Å². The van der Waals surface area contributed by atoms with Crippen molar-refractivity contribution >= 4 is 15.9 Å². The van der Waals surface area contributed by atoms with Crippen molar-refractivity contribution in [1.29, 1.82) is 0 Å². The zero-order chi connectivity index (χ0) is 13.1. The summed E-state index contributed by atoms with van der Waals surface area (Å²) in [7, 11) is 2.00. The van der Waals surface area contributed by atoms with Crippen LogP contribution in [0.25, 0.3) is 0 Å². The van der Waals surface area contributed by atoms with Crippen molar-refractivity contribution in [3.8, 4) is 0 Å². The summed E-state index contributed by atoms with van der Waals surface area (Å²) >= 11 is 3.63. The highest BCUT2D eigenvalue weighted by atomic mass is 79.9. The maximum absolute atomic E-state index is 3.63. The molecule has 0 fully saturated rings. The molecule has 1 N–H and O–H groups in total. The number of hydrogen-bond acceptors (Lipinski definition) is 1. The van der Waals surface area contributed by atoms with Gasteiger partial charge in [-0.3, -0.25) is 0 Å². The lowest BCUT2D eigenvalue weighted by Crippen LogP contribution is -2.19. The molecular formula is C16H18BrN. The minimum absolute atomic E-state index is 0.223. The Labute approximate surface area is 117 Å². The molecule has 0 amide bonds. The second kappa shape index (κ2) is 5.68. The zero-order valence-corrected chi connectivity index (χ0v) is 12.6. The predicted octanol–water partition coefficient (Wildman–Crippen LogP) is 4.37. The first kappa shape index (κ1) is 13.3. The molecule has 94 valence electrons. The smallest absolute Gasteiger partial charge is 0.0588 e. The van der Waals surface area contributed by atoms with Crippen LogP contribution in [-0.4, -0.2) is 7.05 Å². The van der Waals surface area contributed by atoms with Crippen LogP contribution in [0.2, 0.25) is 0 Å². The van der Waals surface area contributed by atoms with Crippen molar-refractivity contribution < 1.29 is 0 Å². The van der Waals surface area contributed by atoms with Crippen molar-refractivity contribution in [2.75, 3.05) is 7.05 Å². The van der Waals surface area contributed by atoms with Gasteiger partial charge >= 0.3 is 0 Å². The van der Waals surface area contributed by atoms with E-state index in [-0.39, 0.29) is 6.04 Å². The molecule has 1 atom stereocenters. The Morgan fingerprint density at radius 3 is 2.33 bits per heavy atom. The third kappa shape index (κ3) is 2.65. The predicted molar refractivity (Wildman–Crippen MR) is 81.0 cm³/mol. The van der Waals surface area contributed by atoms with Gasteiger partial charge in [0, 0.05) is 4.47 Å². The maximum atomic E-state index is 3.63. The summed E-state index contributed by atoms with van der Waals surface area (Å²) in [5, 5.41) is 3.41. The molecule has 2 aromatic rings. The van der Waals surface area contributed by atoms with Crippen molar-refractivity contribution in [3.63, 3.8) is 0 Å². The highest BCUT2D eigenvalue weighted by Gasteiger charge is 2.16. The third-order valence-electron chi connectivity index (χ3n) is 3.24. The molecule has 0 spiro atoms. The third-order valence-corrected chi connectivity index (χ3v) is 3.96. The van der Waals surface area contributed by atoms with Crippen LogP contribution in [0.3, 0.4) is 0 Å². The monoisotopic (exact) mass is 303 g/mol. The topological polar surface area (TPSA) is 12.0 Å². The van der Waals surface area contributed by atoms with Gasteiger partial charge in [-0.25, -0.2) is 0 Å². The van der Waals surface area contributed by atoms with Gasteiger partial charge in [0.2, 0.25) is 0 Å². The fourth-order valence-electron chi connectivity index (χ4n) is 2.34. The molecule has 0 aliphatic rings. The van der Waals surface area contributed by atoms with Gasteiger partial charge < -0.3 is 5.32 Å². The van der Waals surface area contributed by atoms with Crippen LogP contribution in [0, 0.1) is 13.8 Å². The fourth-order valence-corrected chi connectivity index (χ4v) is 2.85. The Morgan fingerprint density at radius 1 is 1.00 bits per heavy atom. The molecule has 0 bridgehead atoms. The first-order valence-corrected chi connectivity index (χ1v) is 6.91. The maximum Gasteiger partial charge on any atom is 0.0588 e. The number of aryl methyl sites for hydroxylation is 2. The summed E-state index contributed by atoms with van der Waals surface area (Å²) in [6.07, 6.45) is 0. The van der Waals surface area contributed by atoms with Crippen LogP contribution in [-0.2, 0) is 0 Å². The fraction of sp³-hybridized carbons (Fsp3) is 0.250. The normalized spacial score (nSPS) is 12.4. The average molecular weight is 304 g/mol. The molecule has 2 aromatic carbocycles. The summed E-state index contributed by atoms with van der Waals surface area (Å²) < 4.78 is 1.14. The summed E-state index contributed by atoms with van der Waals surface area (Å²) in [6, 6.07) is 15.2. The molecule has 18 heavy (non-hydrogen) atoms. The molecule has 2 heteroatoms. The lowest BCUT2D eigenvalue weighted by molar-refractivity contribution is 0.684. The molecule has 1 unspecified atom stereocenters. The Hall–Kier alpha value is -1.12. The van der Waals surface area contributed by atoms with E-state index in [1.807, 2.05) is 13.1 Å². The molecule has 1 nitrogen and oxygen atoms in total. The number of halogens is 1. The Balaban J connectivity index is 2.49. The van der Waals surface area contributed by atoms with Gasteiger partial charge in [-0.05, 0) is 43.7 Å². The second-order valence-electron chi connectivity index (χ2n) is 4.60. The van der Waals surface area contributed by atoms with Gasteiger partial charge in [0.05, 0.1) is 6.04 Å². The van der Waals surface area contributed by atoms with Crippen molar-refractivity contribution in [2.45, 2.75) is 19.9 Å². The molecule has 0 aliphatic heterocycles. The molecule has 0 saturated heterocycles. The summed E-state index contributed by atoms with van der Waals surface area (Å²) in [6.45, 7) is 4.30. The second-order valence-corrected chi connectivity index (χ2v) is 5.46. The molecule has 0 saturated carbocycles. The van der Waals surface area contributed by atoms with Gasteiger partial charge in [-0.1, -0.05) is 57.9 Å². The van der Waals surface area contributed by atoms with E-state index in [4.69, 9.17) is 0 Å². The van der Waals surface area contributed by atoms with Crippen LogP contribution >= 0.6 is 15.9 Å². The minimum Gasteiger partial charge on any atom is -0.309 e. The molecular weight excluding hydrogens is 286 g/mol. The van der Waals surface area contributed by atoms with E-state index in [0.717, 1.165) is 4.47 Å². The van der Waals surface area contributed by atoms with Crippen LogP contribution in [0.5, 0.6) is 0 Å². The van der Waals surface area contributed by atoms with Gasteiger partial charge in [0.15, 0.2) is 0 Å². The van der Waals surface area contributed by atoms with E-state index >= 15 is 0 Å². The summed E-state index contributed by atoms with van der Waals surface area (Å²) in [4.78, 5) is 0. The lowest BCUT2D eigenvalue weighted by atomic mass is 9.94.